The average molecular weight is 422 g/mol. The lowest BCUT2D eigenvalue weighted by Crippen LogP contribution is -2.13. The van der Waals surface area contributed by atoms with Gasteiger partial charge in [-0.3, -0.25) is 19.6 Å². The van der Waals surface area contributed by atoms with Gasteiger partial charge in [0, 0.05) is 34.9 Å². The minimum Gasteiger partial charge on any atom is -0.322 e. The van der Waals surface area contributed by atoms with Crippen LogP contribution in [0, 0.1) is 13.8 Å². The molecule has 0 spiro atoms. The molecule has 6 nitrogen and oxygen atoms in total. The summed E-state index contributed by atoms with van der Waals surface area (Å²) in [6.45, 7) is 3.98. The van der Waals surface area contributed by atoms with Gasteiger partial charge in [-0.2, -0.15) is 0 Å². The number of anilines is 2. The van der Waals surface area contributed by atoms with E-state index in [-0.39, 0.29) is 11.8 Å². The van der Waals surface area contributed by atoms with Gasteiger partial charge in [0.25, 0.3) is 11.8 Å². The molecule has 0 unspecified atom stereocenters. The number of nitrogens with one attached hydrogen (secondary N) is 2. The van der Waals surface area contributed by atoms with Gasteiger partial charge in [0.05, 0.1) is 11.4 Å². The van der Waals surface area contributed by atoms with Crippen molar-refractivity contribution in [1.82, 2.24) is 9.97 Å². The van der Waals surface area contributed by atoms with E-state index in [0.717, 1.165) is 11.1 Å². The number of rotatable bonds is 5. The summed E-state index contributed by atoms with van der Waals surface area (Å²) in [4.78, 5) is 34.0. The van der Waals surface area contributed by atoms with Crippen LogP contribution in [-0.4, -0.2) is 21.8 Å². The lowest BCUT2D eigenvalue weighted by atomic mass is 10.1. The van der Waals surface area contributed by atoms with Crippen molar-refractivity contribution in [2.45, 2.75) is 13.8 Å². The minimum atomic E-state index is -0.245. The van der Waals surface area contributed by atoms with Crippen LogP contribution in [0.3, 0.4) is 0 Å². The molecule has 6 heteroatoms. The molecular weight excluding hydrogens is 400 g/mol. The van der Waals surface area contributed by atoms with Crippen LogP contribution in [0.4, 0.5) is 11.4 Å². The number of pyridine rings is 2. The van der Waals surface area contributed by atoms with Crippen molar-refractivity contribution in [2.75, 3.05) is 10.6 Å². The molecule has 158 valence electrons. The van der Waals surface area contributed by atoms with Crippen LogP contribution in [-0.2, 0) is 0 Å². The highest BCUT2D eigenvalue weighted by molar-refractivity contribution is 6.05. The molecule has 2 aromatic heterocycles. The number of benzene rings is 2. The van der Waals surface area contributed by atoms with Gasteiger partial charge in [-0.25, -0.2) is 0 Å². The molecule has 2 N–H and O–H groups in total. The predicted octanol–water partition coefficient (Wildman–Crippen LogP) is 5.27. The first kappa shape index (κ1) is 20.9. The predicted molar refractivity (Wildman–Crippen MR) is 126 cm³/mol. The smallest absolute Gasteiger partial charge is 0.255 e. The standard InChI is InChI=1S/C26H22N4O2/c1-17-3-7-21(8-4-17)29-25(31)19-11-13-27-23(15-19)24-16-20(12-14-28-24)26(32)30-22-9-5-18(2)6-10-22/h3-16H,1-2H3,(H,29,31)(H,30,32). The Hall–Kier alpha value is -4.32. The van der Waals surface area contributed by atoms with E-state index in [1.807, 2.05) is 62.4 Å². The van der Waals surface area contributed by atoms with Crippen molar-refractivity contribution >= 4 is 23.2 Å². The van der Waals surface area contributed by atoms with Gasteiger partial charge in [0.2, 0.25) is 0 Å². The fourth-order valence-corrected chi connectivity index (χ4v) is 3.10. The van der Waals surface area contributed by atoms with E-state index >= 15 is 0 Å². The van der Waals surface area contributed by atoms with Crippen molar-refractivity contribution in [2.24, 2.45) is 0 Å². The van der Waals surface area contributed by atoms with Gasteiger partial charge in [0.15, 0.2) is 0 Å². The highest BCUT2D eigenvalue weighted by Gasteiger charge is 2.12. The molecule has 0 aliphatic heterocycles. The Morgan fingerprint density at radius 1 is 0.594 bits per heavy atom. The number of amides is 2. The van der Waals surface area contributed by atoms with E-state index in [1.54, 1.807) is 36.7 Å². The van der Waals surface area contributed by atoms with Gasteiger partial charge in [-0.1, -0.05) is 35.4 Å². The third-order valence-electron chi connectivity index (χ3n) is 4.93. The zero-order chi connectivity index (χ0) is 22.5. The third kappa shape index (κ3) is 5.05. The van der Waals surface area contributed by atoms with Gasteiger partial charge in [-0.15, -0.1) is 0 Å². The molecule has 0 fully saturated rings. The molecule has 0 atom stereocenters. The van der Waals surface area contributed by atoms with Gasteiger partial charge in [0.1, 0.15) is 0 Å². The van der Waals surface area contributed by atoms with Crippen LogP contribution in [0.5, 0.6) is 0 Å². The van der Waals surface area contributed by atoms with Gasteiger partial charge < -0.3 is 10.6 Å². The Balaban J connectivity index is 1.52. The summed E-state index contributed by atoms with van der Waals surface area (Å²) in [6, 6.07) is 21.8. The summed E-state index contributed by atoms with van der Waals surface area (Å²) in [5.74, 6) is -0.489. The molecular formula is C26H22N4O2. The maximum atomic E-state index is 12.7. The second-order valence-corrected chi connectivity index (χ2v) is 7.50. The summed E-state index contributed by atoms with van der Waals surface area (Å²) in [5, 5.41) is 5.75. The zero-order valence-corrected chi connectivity index (χ0v) is 17.8. The van der Waals surface area contributed by atoms with E-state index in [0.29, 0.717) is 33.9 Å². The second kappa shape index (κ2) is 9.22. The molecule has 4 rings (SSSR count). The zero-order valence-electron chi connectivity index (χ0n) is 17.8. The Labute approximate surface area is 186 Å². The van der Waals surface area contributed by atoms with Crippen LogP contribution in [0.15, 0.2) is 85.2 Å². The molecule has 2 amide bonds. The molecule has 32 heavy (non-hydrogen) atoms. The van der Waals surface area contributed by atoms with Crippen LogP contribution in [0.1, 0.15) is 31.8 Å². The van der Waals surface area contributed by atoms with Crippen LogP contribution in [0.25, 0.3) is 11.4 Å². The first-order valence-corrected chi connectivity index (χ1v) is 10.2. The van der Waals surface area contributed by atoms with Gasteiger partial charge in [-0.05, 0) is 62.4 Å². The van der Waals surface area contributed by atoms with Crippen LogP contribution < -0.4 is 10.6 Å². The third-order valence-corrected chi connectivity index (χ3v) is 4.93. The van der Waals surface area contributed by atoms with E-state index in [4.69, 9.17) is 0 Å². The number of hydrogen-bond donors (Lipinski definition) is 2. The van der Waals surface area contributed by atoms with E-state index in [9.17, 15) is 9.59 Å². The first-order chi connectivity index (χ1) is 15.5. The molecule has 0 aliphatic carbocycles. The summed E-state index contributed by atoms with van der Waals surface area (Å²) < 4.78 is 0. The van der Waals surface area contributed by atoms with Crippen molar-refractivity contribution in [1.29, 1.82) is 0 Å². The molecule has 0 aliphatic rings. The molecule has 0 radical (unpaired) electrons. The lowest BCUT2D eigenvalue weighted by molar-refractivity contribution is 0.101. The Bertz CT molecular complexity index is 1160. The minimum absolute atomic E-state index is 0.245. The Morgan fingerprint density at radius 2 is 0.969 bits per heavy atom. The van der Waals surface area contributed by atoms with E-state index in [1.165, 1.54) is 0 Å². The molecule has 0 saturated carbocycles. The monoisotopic (exact) mass is 422 g/mol. The average Bonchev–Trinajstić information content (AvgIpc) is 2.82. The number of aromatic nitrogens is 2. The number of hydrogen-bond acceptors (Lipinski definition) is 4. The number of carbonyl (C=O) groups excluding carboxylic acids is 2. The van der Waals surface area contributed by atoms with E-state index in [2.05, 4.69) is 20.6 Å². The molecule has 2 heterocycles. The Morgan fingerprint density at radius 3 is 1.34 bits per heavy atom. The van der Waals surface area contributed by atoms with Crippen molar-refractivity contribution in [3.63, 3.8) is 0 Å². The fourth-order valence-electron chi connectivity index (χ4n) is 3.10. The second-order valence-electron chi connectivity index (χ2n) is 7.50. The van der Waals surface area contributed by atoms with Crippen LogP contribution in [0.2, 0.25) is 0 Å². The van der Waals surface area contributed by atoms with Crippen molar-refractivity contribution < 1.29 is 9.59 Å². The van der Waals surface area contributed by atoms with Gasteiger partial charge >= 0.3 is 0 Å². The number of aryl methyl sites for hydroxylation is 2. The maximum absolute atomic E-state index is 12.7. The molecule has 0 bridgehead atoms. The molecule has 2 aromatic carbocycles. The highest BCUT2D eigenvalue weighted by atomic mass is 16.2. The van der Waals surface area contributed by atoms with Crippen molar-refractivity contribution in [3.05, 3.63) is 107 Å². The summed E-state index contributed by atoms with van der Waals surface area (Å²) in [7, 11) is 0. The number of nitrogens with zero attached hydrogens (tertiary/aromatic N) is 2. The fraction of sp³-hybridized carbons (Fsp3) is 0.0769. The SMILES string of the molecule is Cc1ccc(NC(=O)c2ccnc(-c3cc(C(=O)Nc4ccc(C)cc4)ccn3)c2)cc1. The lowest BCUT2D eigenvalue weighted by Gasteiger charge is -2.08. The Kier molecular flexibility index (Phi) is 6.03. The maximum Gasteiger partial charge on any atom is 0.255 e. The van der Waals surface area contributed by atoms with Crippen molar-refractivity contribution in [3.8, 4) is 11.4 Å². The number of carbonyl (C=O) groups is 2. The topological polar surface area (TPSA) is 84.0 Å². The summed E-state index contributed by atoms with van der Waals surface area (Å²) in [5.41, 5.74) is 5.58. The quantitative estimate of drug-likeness (QED) is 0.459. The summed E-state index contributed by atoms with van der Waals surface area (Å²) >= 11 is 0. The van der Waals surface area contributed by atoms with Crippen LogP contribution >= 0.6 is 0 Å². The summed E-state index contributed by atoms with van der Waals surface area (Å²) in [6.07, 6.45) is 3.11. The largest absolute Gasteiger partial charge is 0.322 e. The molecule has 4 aromatic rings. The first-order valence-electron chi connectivity index (χ1n) is 10.2. The normalized spacial score (nSPS) is 10.4. The highest BCUT2D eigenvalue weighted by Crippen LogP contribution is 2.19. The molecule has 0 saturated heterocycles. The van der Waals surface area contributed by atoms with E-state index < -0.39 is 0 Å².